The Kier molecular flexibility index (Phi) is 24.2. The van der Waals surface area contributed by atoms with Crippen molar-refractivity contribution in [1.82, 2.24) is 4.98 Å². The van der Waals surface area contributed by atoms with Gasteiger partial charge in [0.25, 0.3) is 23.6 Å². The van der Waals surface area contributed by atoms with E-state index in [0.717, 1.165) is 42.2 Å². The van der Waals surface area contributed by atoms with Crippen LogP contribution in [0.1, 0.15) is 79.2 Å². The number of hydrogen-bond donors (Lipinski definition) is 1. The number of rotatable bonds is 14. The van der Waals surface area contributed by atoms with Crippen molar-refractivity contribution >= 4 is 125 Å². The molecule has 33 heteroatoms. The van der Waals surface area contributed by atoms with Crippen LogP contribution in [0.3, 0.4) is 0 Å². The molecule has 0 atom stereocenters. The molecule has 466 valence electrons. The number of carbonyl (C=O) groups excluding carboxylic acids is 4. The number of nitrogens with zero attached hydrogens (tertiary/aromatic N) is 6. The fraction of sp³-hybridized carbons (Fsp3) is 0.283. The van der Waals surface area contributed by atoms with Crippen molar-refractivity contribution in [2.24, 2.45) is 0 Å². The minimum absolute atomic E-state index is 0.00815. The van der Waals surface area contributed by atoms with E-state index in [4.69, 9.17) is 46.4 Å². The Morgan fingerprint density at radius 1 is 0.558 bits per heavy atom. The molecule has 4 aromatic carbocycles. The summed E-state index contributed by atoms with van der Waals surface area (Å²) in [6, 6.07) is 13.3. The van der Waals surface area contributed by atoms with Crippen LogP contribution in [0, 0.1) is 11.6 Å². The van der Waals surface area contributed by atoms with E-state index < -0.39 is 124 Å². The number of amides is 4. The Morgan fingerprint density at radius 2 is 0.919 bits per heavy atom. The second-order valence-corrected chi connectivity index (χ2v) is 21.0. The zero-order valence-corrected chi connectivity index (χ0v) is 50.2. The molecule has 0 bridgehead atoms. The lowest BCUT2D eigenvalue weighted by Gasteiger charge is -2.31. The lowest BCUT2D eigenvalue weighted by Crippen LogP contribution is -2.50. The predicted molar refractivity (Wildman–Crippen MR) is 295 cm³/mol. The minimum atomic E-state index is -6.40. The van der Waals surface area contributed by atoms with Gasteiger partial charge in [-0.1, -0.05) is 49.2 Å². The van der Waals surface area contributed by atoms with E-state index in [1.54, 1.807) is 13.8 Å². The molecule has 4 amide bonds. The van der Waals surface area contributed by atoms with E-state index in [1.807, 2.05) is 0 Å². The van der Waals surface area contributed by atoms with E-state index >= 15 is 8.78 Å². The van der Waals surface area contributed by atoms with Crippen LogP contribution in [-0.4, -0.2) is 91.0 Å². The molecule has 0 saturated carbocycles. The summed E-state index contributed by atoms with van der Waals surface area (Å²) >= 11 is 26.9. The number of halogens is 22. The Balaban J connectivity index is 0.000000352. The number of hydrogen-bond acceptors (Lipinski definition) is 6. The topological polar surface area (TPSA) is 118 Å². The average molecular weight is 1450 g/mol. The molecule has 0 aliphatic rings. The highest BCUT2D eigenvalue weighted by molar-refractivity contribution is 9.11. The standard InChI is InChI=1S/C26H20BrClF8N3O3.C26H19BrClF8N3O2.CH2Cl2/c1-3-9-39(22(40)14-6-5-10-38(42)13-14)19-8-4-7-16(20(19)29)23(41)37(2)21-17(27)11-15(12-18(21)28)24(30,25(31,32)33)26(34,35)36;1-3-10-39(22(40)14-6-5-9-37-13-14)19-8-4-7-16(20(19)29)23(41)38(2)21-17(27)11-15(12-18(21)28)24(30,25(31,32)33)26(34,35)36;2-1-3/h4-8,10-13,42H,3,9H2,1-2H3;4-9,11-13H,3,10H2,1-2H3;1H2/q+1;;. The van der Waals surface area contributed by atoms with Crippen molar-refractivity contribution in [3.8, 4) is 0 Å². The Morgan fingerprint density at radius 3 is 1.23 bits per heavy atom. The van der Waals surface area contributed by atoms with Crippen LogP contribution >= 0.6 is 78.3 Å². The van der Waals surface area contributed by atoms with Crippen LogP contribution in [0.25, 0.3) is 0 Å². The number of carbonyl (C=O) groups is 4. The second-order valence-electron chi connectivity index (χ2n) is 17.6. The fourth-order valence-electron chi connectivity index (χ4n) is 8.00. The molecule has 86 heavy (non-hydrogen) atoms. The number of pyridine rings is 2. The van der Waals surface area contributed by atoms with Crippen molar-refractivity contribution < 1.29 is 99.4 Å². The molecule has 0 spiro atoms. The molecule has 11 nitrogen and oxygen atoms in total. The van der Waals surface area contributed by atoms with Gasteiger partial charge in [-0.25, -0.2) is 17.6 Å². The molecule has 0 aliphatic heterocycles. The number of aromatic nitrogens is 2. The first-order valence-electron chi connectivity index (χ1n) is 23.9. The number of alkyl halides is 16. The van der Waals surface area contributed by atoms with Gasteiger partial charge in [0.05, 0.1) is 54.8 Å². The minimum Gasteiger partial charge on any atom is -0.309 e. The van der Waals surface area contributed by atoms with Gasteiger partial charge >= 0.3 is 36.0 Å². The first kappa shape index (κ1) is 72.3. The summed E-state index contributed by atoms with van der Waals surface area (Å²) in [6.45, 7) is 3.48. The summed E-state index contributed by atoms with van der Waals surface area (Å²) < 4.78 is 219. The zero-order chi connectivity index (χ0) is 65.4. The van der Waals surface area contributed by atoms with Crippen molar-refractivity contribution in [2.75, 3.05) is 52.1 Å². The summed E-state index contributed by atoms with van der Waals surface area (Å²) in [7, 11) is 2.04. The smallest absolute Gasteiger partial charge is 0.309 e. The van der Waals surface area contributed by atoms with Gasteiger partial charge in [0.1, 0.15) is 5.56 Å². The number of benzene rings is 4. The van der Waals surface area contributed by atoms with E-state index in [9.17, 15) is 85.9 Å². The monoisotopic (exact) mass is 1440 g/mol. The molecule has 1 N–H and O–H groups in total. The highest BCUT2D eigenvalue weighted by Gasteiger charge is 2.74. The van der Waals surface area contributed by atoms with Gasteiger partial charge in [0.15, 0.2) is 11.6 Å². The summed E-state index contributed by atoms with van der Waals surface area (Å²) in [4.78, 5) is 60.1. The van der Waals surface area contributed by atoms with Gasteiger partial charge in [-0.3, -0.25) is 29.4 Å². The average Bonchev–Trinajstić information content (AvgIpc) is 0.810. The lowest BCUT2D eigenvalue weighted by molar-refractivity contribution is -0.904. The molecule has 0 radical (unpaired) electrons. The molecule has 2 aromatic heterocycles. The van der Waals surface area contributed by atoms with Crippen LogP contribution < -0.4 is 24.3 Å². The van der Waals surface area contributed by atoms with Crippen LogP contribution in [0.15, 0.2) is 119 Å². The van der Waals surface area contributed by atoms with Crippen LogP contribution in [0.5, 0.6) is 0 Å². The van der Waals surface area contributed by atoms with E-state index in [2.05, 4.69) is 36.8 Å². The Hall–Kier alpha value is -6.14. The second kappa shape index (κ2) is 28.8. The third-order valence-electron chi connectivity index (χ3n) is 12.0. The van der Waals surface area contributed by atoms with Gasteiger partial charge in [0.2, 0.25) is 12.4 Å². The molecule has 2 heterocycles. The maximum atomic E-state index is 15.8. The van der Waals surface area contributed by atoms with E-state index in [-0.39, 0.29) is 65.2 Å². The van der Waals surface area contributed by atoms with Crippen molar-refractivity contribution in [3.05, 3.63) is 174 Å². The largest absolute Gasteiger partial charge is 0.435 e. The van der Waals surface area contributed by atoms with Gasteiger partial charge in [-0.05, 0) is 111 Å². The number of anilines is 4. The third kappa shape index (κ3) is 15.2. The zero-order valence-electron chi connectivity index (χ0n) is 44.0. The molecule has 0 fully saturated rings. The highest BCUT2D eigenvalue weighted by Crippen LogP contribution is 2.56. The molecule has 0 saturated heterocycles. The highest BCUT2D eigenvalue weighted by atomic mass is 79.9. The molecular weight excluding hydrogens is 1410 g/mol. The lowest BCUT2D eigenvalue weighted by atomic mass is 9.94. The van der Waals surface area contributed by atoms with Gasteiger partial charge in [-0.2, -0.15) is 52.7 Å². The van der Waals surface area contributed by atoms with E-state index in [1.165, 1.54) is 67.1 Å². The van der Waals surface area contributed by atoms with Crippen LogP contribution in [0.2, 0.25) is 10.0 Å². The first-order chi connectivity index (χ1) is 39.7. The Labute approximate surface area is 514 Å². The molecule has 6 aromatic rings. The molecule has 6 rings (SSSR count). The fourth-order valence-corrected chi connectivity index (χ4v) is 10.4. The summed E-state index contributed by atoms with van der Waals surface area (Å²) in [5, 5.41) is 8.09. The van der Waals surface area contributed by atoms with Gasteiger partial charge < -0.3 is 19.6 Å². The maximum Gasteiger partial charge on any atom is 0.435 e. The van der Waals surface area contributed by atoms with Gasteiger partial charge in [-0.15, -0.1) is 23.2 Å². The van der Waals surface area contributed by atoms with Crippen molar-refractivity contribution in [1.29, 1.82) is 0 Å². The quantitative estimate of drug-likeness (QED) is 0.0502. The summed E-state index contributed by atoms with van der Waals surface area (Å²) in [5.74, 6) is -5.91. The van der Waals surface area contributed by atoms with E-state index in [0.29, 0.717) is 27.4 Å². The van der Waals surface area contributed by atoms with Gasteiger partial charge in [0, 0.05) is 70.4 Å². The molecular formula is C53H41Br2Cl4F16N6O5+. The van der Waals surface area contributed by atoms with Crippen molar-refractivity contribution in [2.45, 2.75) is 62.7 Å². The summed E-state index contributed by atoms with van der Waals surface area (Å²) in [6.07, 6.45) is -19.8. The van der Waals surface area contributed by atoms with Crippen LogP contribution in [0.4, 0.5) is 93.0 Å². The Bertz CT molecular complexity index is 3370. The van der Waals surface area contributed by atoms with Crippen LogP contribution in [-0.2, 0) is 11.3 Å². The maximum absolute atomic E-state index is 15.8. The third-order valence-corrected chi connectivity index (χ3v) is 13.8. The van der Waals surface area contributed by atoms with Crippen molar-refractivity contribution in [3.63, 3.8) is 0 Å². The SMILES string of the molecule is CCCN(C(=O)c1ccc[n+](O)c1)c1cccc(C(=O)N(C)c2c(Cl)cc(C(F)(C(F)(F)F)C(F)(F)F)cc2Br)c1F.CCCN(C(=O)c1cccnc1)c1cccc(C(=O)N(C)c2c(Cl)cc(C(F)(C(F)(F)F)C(F)(F)F)cc2Br)c1F.ClCCl. The first-order valence-corrected chi connectivity index (χ1v) is 27.3. The normalized spacial score (nSPS) is 12.1. The molecule has 0 aliphatic carbocycles. The summed E-state index contributed by atoms with van der Waals surface area (Å²) in [5.41, 5.74) is -18.0. The predicted octanol–water partition coefficient (Wildman–Crippen LogP) is 17.1. The molecule has 0 unspecified atom stereocenters.